The number of carboxylic acid groups (broad SMARTS) is 1. The van der Waals surface area contributed by atoms with Crippen LogP contribution in [0.2, 0.25) is 0 Å². The summed E-state index contributed by atoms with van der Waals surface area (Å²) in [6, 6.07) is 1.65. The summed E-state index contributed by atoms with van der Waals surface area (Å²) < 4.78 is 5.11. The Labute approximate surface area is 123 Å². The van der Waals surface area contributed by atoms with Gasteiger partial charge in [-0.1, -0.05) is 6.07 Å². The zero-order valence-electron chi connectivity index (χ0n) is 11.5. The second kappa shape index (κ2) is 6.71. The molecule has 2 N–H and O–H groups in total. The number of esters is 1. The fourth-order valence-corrected chi connectivity index (χ4v) is 1.21. The normalized spacial score (nSPS) is 12.2. The van der Waals surface area contributed by atoms with Gasteiger partial charge in [-0.2, -0.15) is 0 Å². The van der Waals surface area contributed by atoms with Gasteiger partial charge in [0, 0.05) is 6.20 Å². The molecule has 0 aliphatic heterocycles. The zero-order valence-corrected chi connectivity index (χ0v) is 11.5. The Kier molecular flexibility index (Phi) is 6.23. The summed E-state index contributed by atoms with van der Waals surface area (Å²) in [5, 5.41) is 10.5. The molecule has 1 aromatic heterocycles. The number of hydrogen-bond donors (Lipinski definition) is 1. The maximum atomic E-state index is 11.7. The number of carbonyl (C=O) groups excluding carboxylic acids is 2. The Morgan fingerprint density at radius 2 is 1.95 bits per heavy atom. The van der Waals surface area contributed by atoms with Gasteiger partial charge in [-0.15, -0.1) is 0 Å². The number of pyridine rings is 1. The largest absolute Gasteiger partial charge is 1.00 e. The number of nitrogens with zero attached hydrogens (tertiary/aromatic N) is 1. The van der Waals surface area contributed by atoms with E-state index in [2.05, 4.69) is 4.98 Å². The Morgan fingerprint density at radius 3 is 2.32 bits per heavy atom. The van der Waals surface area contributed by atoms with Crippen molar-refractivity contribution < 1.29 is 38.3 Å². The predicted octanol–water partition coefficient (Wildman–Crippen LogP) is -3.21. The third kappa shape index (κ3) is 5.43. The number of aromatic nitrogens is 1. The van der Waals surface area contributed by atoms with Crippen LogP contribution in [0, 0.1) is 0 Å². The molecule has 0 spiro atoms. The van der Waals surface area contributed by atoms with E-state index in [9.17, 15) is 14.7 Å². The van der Waals surface area contributed by atoms with Crippen molar-refractivity contribution in [1.82, 2.24) is 4.98 Å². The summed E-state index contributed by atoms with van der Waals surface area (Å²) >= 11 is 0. The van der Waals surface area contributed by atoms with E-state index in [0.717, 1.165) is 0 Å². The van der Waals surface area contributed by atoms with Gasteiger partial charge in [-0.25, -0.2) is 4.79 Å². The summed E-state index contributed by atoms with van der Waals surface area (Å²) in [5.41, 5.74) is 5.23. The molecule has 0 radical (unpaired) electrons. The molecule has 1 rings (SSSR count). The van der Waals surface area contributed by atoms with Crippen LogP contribution in [0.4, 0.5) is 0 Å². The topological polar surface area (TPSA) is 105 Å². The maximum absolute atomic E-state index is 11.7. The molecule has 0 aliphatic carbocycles. The fourth-order valence-electron chi connectivity index (χ4n) is 1.21. The third-order valence-corrected chi connectivity index (χ3v) is 2.02. The molecule has 0 saturated heterocycles. The van der Waals surface area contributed by atoms with Gasteiger partial charge in [0.1, 0.15) is 11.6 Å². The molecule has 1 unspecified atom stereocenters. The molecule has 0 fully saturated rings. The van der Waals surface area contributed by atoms with Crippen LogP contribution in [-0.2, 0) is 9.53 Å². The first-order chi connectivity index (χ1) is 8.20. The quantitative estimate of drug-likeness (QED) is 0.452. The first-order valence-electron chi connectivity index (χ1n) is 5.36. The number of nitrogens with two attached hydrogens (primary N) is 1. The summed E-state index contributed by atoms with van der Waals surface area (Å²) in [5.74, 6) is -1.97. The monoisotopic (exact) mass is 258 g/mol. The second-order valence-electron chi connectivity index (χ2n) is 4.78. The fraction of sp³-hybridized carbons (Fsp3) is 0.417. The Morgan fingerprint density at radius 1 is 1.37 bits per heavy atom. The van der Waals surface area contributed by atoms with Crippen LogP contribution in [0.25, 0.3) is 0 Å². The summed E-state index contributed by atoms with van der Waals surface area (Å²) in [4.78, 5) is 25.8. The van der Waals surface area contributed by atoms with Crippen LogP contribution >= 0.6 is 0 Å². The van der Waals surface area contributed by atoms with Gasteiger partial charge >= 0.3 is 24.8 Å². The molecule has 0 saturated carbocycles. The number of rotatable bonds is 3. The van der Waals surface area contributed by atoms with E-state index < -0.39 is 23.6 Å². The van der Waals surface area contributed by atoms with E-state index in [1.54, 1.807) is 20.8 Å². The Balaban J connectivity index is 0.00000324. The number of carboxylic acids is 1. The SMILES string of the molecule is CC(C)(C)OC(=O)C(N)c1ccc(C(=O)[O-])nc1.[Li+]. The zero-order chi connectivity index (χ0) is 13.9. The number of carbonyl (C=O) groups is 2. The van der Waals surface area contributed by atoms with Gasteiger partial charge in [-0.05, 0) is 32.4 Å². The van der Waals surface area contributed by atoms with Gasteiger partial charge < -0.3 is 20.4 Å². The van der Waals surface area contributed by atoms with Crippen molar-refractivity contribution in [2.45, 2.75) is 32.4 Å². The summed E-state index contributed by atoms with van der Waals surface area (Å²) in [7, 11) is 0. The molecule has 6 nitrogen and oxygen atoms in total. The van der Waals surface area contributed by atoms with Crippen LogP contribution in [0.15, 0.2) is 18.3 Å². The van der Waals surface area contributed by atoms with Gasteiger partial charge in [0.2, 0.25) is 0 Å². The maximum Gasteiger partial charge on any atom is 1.00 e. The molecule has 7 heteroatoms. The van der Waals surface area contributed by atoms with E-state index in [1.807, 2.05) is 0 Å². The van der Waals surface area contributed by atoms with Crippen LogP contribution in [0.5, 0.6) is 0 Å². The number of ether oxygens (including phenoxy) is 1. The van der Waals surface area contributed by atoms with Crippen LogP contribution in [-0.4, -0.2) is 22.5 Å². The molecule has 1 atom stereocenters. The molecule has 1 aromatic rings. The van der Waals surface area contributed by atoms with Crippen molar-refractivity contribution in [3.63, 3.8) is 0 Å². The van der Waals surface area contributed by atoms with E-state index in [1.165, 1.54) is 18.3 Å². The van der Waals surface area contributed by atoms with Gasteiger partial charge in [0.25, 0.3) is 0 Å². The molecule has 19 heavy (non-hydrogen) atoms. The van der Waals surface area contributed by atoms with Crippen molar-refractivity contribution >= 4 is 11.9 Å². The van der Waals surface area contributed by atoms with Crippen LogP contribution < -0.4 is 29.7 Å². The van der Waals surface area contributed by atoms with E-state index in [-0.39, 0.29) is 24.6 Å². The van der Waals surface area contributed by atoms with E-state index in [0.29, 0.717) is 5.56 Å². The number of aromatic carboxylic acids is 1. The molecular weight excluding hydrogens is 243 g/mol. The number of hydrogen-bond acceptors (Lipinski definition) is 6. The van der Waals surface area contributed by atoms with Gasteiger partial charge in [0.15, 0.2) is 0 Å². The summed E-state index contributed by atoms with van der Waals surface area (Å²) in [6.45, 7) is 5.19. The van der Waals surface area contributed by atoms with E-state index in [4.69, 9.17) is 10.5 Å². The minimum Gasteiger partial charge on any atom is -0.543 e. The van der Waals surface area contributed by atoms with Crippen molar-refractivity contribution in [3.05, 3.63) is 29.6 Å². The van der Waals surface area contributed by atoms with Crippen LogP contribution in [0.3, 0.4) is 0 Å². The molecule has 0 aromatic carbocycles. The van der Waals surface area contributed by atoms with Crippen LogP contribution in [0.1, 0.15) is 42.9 Å². The van der Waals surface area contributed by atoms with Crippen molar-refractivity contribution in [3.8, 4) is 0 Å². The average Bonchev–Trinajstić information content (AvgIpc) is 2.26. The van der Waals surface area contributed by atoms with E-state index >= 15 is 0 Å². The Bertz CT molecular complexity index is 454. The van der Waals surface area contributed by atoms with Gasteiger partial charge in [0.05, 0.1) is 11.7 Å². The molecule has 98 valence electrons. The molecule has 1 heterocycles. The minimum atomic E-state index is -1.38. The molecular formula is C12H15LiN2O4. The first-order valence-corrected chi connectivity index (χ1v) is 5.36. The molecule has 0 bridgehead atoms. The standard InChI is InChI=1S/C12H16N2O4.Li/c1-12(2,3)18-11(17)9(13)7-4-5-8(10(15)16)14-6-7;/h4-6,9H,13H2,1-3H3,(H,15,16);/q;+1/p-1. The van der Waals surface area contributed by atoms with Crippen molar-refractivity contribution in [2.75, 3.05) is 0 Å². The minimum absolute atomic E-state index is 0. The van der Waals surface area contributed by atoms with Crippen molar-refractivity contribution in [2.24, 2.45) is 5.73 Å². The second-order valence-corrected chi connectivity index (χ2v) is 4.78. The Hall–Kier alpha value is -1.35. The molecule has 0 aliphatic rings. The van der Waals surface area contributed by atoms with Crippen molar-refractivity contribution in [1.29, 1.82) is 0 Å². The first kappa shape index (κ1) is 17.6. The third-order valence-electron chi connectivity index (χ3n) is 2.02. The average molecular weight is 258 g/mol. The summed E-state index contributed by atoms with van der Waals surface area (Å²) in [6.07, 6.45) is 1.22. The smallest absolute Gasteiger partial charge is 0.543 e. The molecule has 0 amide bonds. The predicted molar refractivity (Wildman–Crippen MR) is 61.3 cm³/mol. The van der Waals surface area contributed by atoms with Gasteiger partial charge in [-0.3, -0.25) is 4.98 Å².